The lowest BCUT2D eigenvalue weighted by Gasteiger charge is -2.12. The summed E-state index contributed by atoms with van der Waals surface area (Å²) >= 11 is 6.15. The Kier molecular flexibility index (Phi) is 4.99. The maximum absolute atomic E-state index is 13.0. The average Bonchev–Trinajstić information content (AvgIpc) is 3.05. The summed E-state index contributed by atoms with van der Waals surface area (Å²) < 4.78 is 10.3. The van der Waals surface area contributed by atoms with Crippen LogP contribution in [0, 0.1) is 13.8 Å². The van der Waals surface area contributed by atoms with E-state index in [1.54, 1.807) is 17.7 Å². The lowest BCUT2D eigenvalue weighted by atomic mass is 10.1. The lowest BCUT2D eigenvalue weighted by Crippen LogP contribution is -2.37. The van der Waals surface area contributed by atoms with Crippen molar-refractivity contribution in [1.29, 1.82) is 0 Å². The highest BCUT2D eigenvalue weighted by Crippen LogP contribution is 2.28. The molecule has 0 aliphatic rings. The summed E-state index contributed by atoms with van der Waals surface area (Å²) in [5, 5.41) is 0.592. The molecule has 0 aliphatic heterocycles. The first kappa shape index (κ1) is 20.0. The van der Waals surface area contributed by atoms with Crippen LogP contribution in [-0.4, -0.2) is 18.7 Å². The van der Waals surface area contributed by atoms with Gasteiger partial charge in [-0.25, -0.2) is 4.79 Å². The van der Waals surface area contributed by atoms with E-state index in [4.69, 9.17) is 16.3 Å². The molecule has 8 heteroatoms. The summed E-state index contributed by atoms with van der Waals surface area (Å²) in [6, 6.07) is 13.5. The maximum Gasteiger partial charge on any atom is 0.332 e. The van der Waals surface area contributed by atoms with Crippen LogP contribution in [0.2, 0.25) is 5.02 Å². The van der Waals surface area contributed by atoms with E-state index < -0.39 is 11.2 Å². The van der Waals surface area contributed by atoms with Crippen LogP contribution in [0.5, 0.6) is 11.8 Å². The van der Waals surface area contributed by atoms with Gasteiger partial charge in [0.15, 0.2) is 11.2 Å². The smallest absolute Gasteiger partial charge is 0.332 e. The van der Waals surface area contributed by atoms with Gasteiger partial charge in [0.2, 0.25) is 0 Å². The molecule has 4 rings (SSSR count). The van der Waals surface area contributed by atoms with Crippen molar-refractivity contribution >= 4 is 22.8 Å². The minimum atomic E-state index is -0.446. The number of halogens is 1. The van der Waals surface area contributed by atoms with Gasteiger partial charge in [0.05, 0.1) is 6.54 Å². The summed E-state index contributed by atoms with van der Waals surface area (Å²) in [7, 11) is 3.04. The second kappa shape index (κ2) is 7.50. The van der Waals surface area contributed by atoms with E-state index in [1.807, 2.05) is 50.2 Å². The van der Waals surface area contributed by atoms with Crippen LogP contribution in [0.1, 0.15) is 16.7 Å². The molecule has 2 aromatic heterocycles. The number of benzene rings is 2. The highest BCUT2D eigenvalue weighted by Gasteiger charge is 2.21. The van der Waals surface area contributed by atoms with Gasteiger partial charge in [-0.3, -0.25) is 18.5 Å². The molecule has 0 fully saturated rings. The molecule has 2 heterocycles. The molecular formula is C22H21ClN4O3. The molecule has 7 nitrogen and oxygen atoms in total. The Morgan fingerprint density at radius 3 is 2.53 bits per heavy atom. The number of hydrogen-bond acceptors (Lipinski definition) is 4. The van der Waals surface area contributed by atoms with E-state index in [1.165, 1.54) is 11.6 Å². The van der Waals surface area contributed by atoms with Gasteiger partial charge in [-0.05, 0) is 48.7 Å². The third-order valence-electron chi connectivity index (χ3n) is 5.09. The van der Waals surface area contributed by atoms with Gasteiger partial charge in [0, 0.05) is 19.1 Å². The normalized spacial score (nSPS) is 11.2. The van der Waals surface area contributed by atoms with Gasteiger partial charge < -0.3 is 4.74 Å². The number of rotatable bonds is 4. The number of aryl methyl sites for hydroxylation is 3. The van der Waals surface area contributed by atoms with E-state index in [-0.39, 0.29) is 11.7 Å². The Bertz CT molecular complexity index is 1400. The molecule has 0 amide bonds. The fraction of sp³-hybridized carbons (Fsp3) is 0.227. The number of ether oxygens (including phenoxy) is 1. The number of aromatic nitrogens is 4. The van der Waals surface area contributed by atoms with Gasteiger partial charge in [0.25, 0.3) is 5.56 Å². The van der Waals surface area contributed by atoms with Gasteiger partial charge in [-0.2, -0.15) is 4.98 Å². The number of imidazole rings is 1. The van der Waals surface area contributed by atoms with E-state index in [0.717, 1.165) is 21.3 Å². The summed E-state index contributed by atoms with van der Waals surface area (Å²) in [5.41, 5.74) is 2.53. The highest BCUT2D eigenvalue weighted by molar-refractivity contribution is 6.30. The molecule has 0 saturated carbocycles. The molecule has 2 aromatic carbocycles. The van der Waals surface area contributed by atoms with Crippen molar-refractivity contribution in [3.63, 3.8) is 0 Å². The third-order valence-corrected chi connectivity index (χ3v) is 5.32. The summed E-state index contributed by atoms with van der Waals surface area (Å²) in [6.45, 7) is 4.22. The average molecular weight is 425 g/mol. The van der Waals surface area contributed by atoms with Crippen molar-refractivity contribution in [1.82, 2.24) is 18.7 Å². The quantitative estimate of drug-likeness (QED) is 0.502. The minimum Gasteiger partial charge on any atom is -0.425 e. The number of nitrogens with zero attached hydrogens (tertiary/aromatic N) is 4. The SMILES string of the molecule is Cc1ccc(C)c(Oc2nc3c(c(=O)n(C)c(=O)n3C)n2Cc2cccc(Cl)c2)c1. The maximum atomic E-state index is 13.0. The van der Waals surface area contributed by atoms with Gasteiger partial charge >= 0.3 is 11.7 Å². The molecule has 0 saturated heterocycles. The monoisotopic (exact) mass is 424 g/mol. The van der Waals surface area contributed by atoms with Crippen LogP contribution in [0.25, 0.3) is 11.2 Å². The Labute approximate surface area is 177 Å². The van der Waals surface area contributed by atoms with Gasteiger partial charge in [0.1, 0.15) is 5.75 Å². The van der Waals surface area contributed by atoms with Crippen molar-refractivity contribution < 1.29 is 4.74 Å². The Hall–Kier alpha value is -3.32. The summed E-state index contributed by atoms with van der Waals surface area (Å²) in [4.78, 5) is 29.9. The standard InChI is InChI=1S/C22H21ClN4O3/c1-13-8-9-14(2)17(10-13)30-21-24-19-18(20(28)26(4)22(29)25(19)3)27(21)12-15-6-5-7-16(23)11-15/h5-11H,12H2,1-4H3. The molecule has 154 valence electrons. The fourth-order valence-corrected chi connectivity index (χ4v) is 3.60. The molecule has 0 spiro atoms. The van der Waals surface area contributed by atoms with Crippen LogP contribution in [-0.2, 0) is 20.6 Å². The Balaban J connectivity index is 1.97. The molecule has 0 aliphatic carbocycles. The summed E-state index contributed by atoms with van der Waals surface area (Å²) in [5.74, 6) is 0.638. The van der Waals surface area contributed by atoms with Gasteiger partial charge in [-0.15, -0.1) is 0 Å². The van der Waals surface area contributed by atoms with Crippen LogP contribution in [0.4, 0.5) is 0 Å². The van der Waals surface area contributed by atoms with Crippen LogP contribution >= 0.6 is 11.6 Å². The topological polar surface area (TPSA) is 71.1 Å². The molecule has 0 N–H and O–H groups in total. The molecule has 0 radical (unpaired) electrons. The van der Waals surface area contributed by atoms with Crippen molar-refractivity contribution in [3.05, 3.63) is 85.0 Å². The Morgan fingerprint density at radius 1 is 1.03 bits per heavy atom. The fourth-order valence-electron chi connectivity index (χ4n) is 3.38. The van der Waals surface area contributed by atoms with E-state index >= 15 is 0 Å². The predicted molar refractivity (Wildman–Crippen MR) is 117 cm³/mol. The van der Waals surface area contributed by atoms with Crippen LogP contribution in [0.15, 0.2) is 52.1 Å². The molecule has 0 atom stereocenters. The Morgan fingerprint density at radius 2 is 1.80 bits per heavy atom. The van der Waals surface area contributed by atoms with Crippen LogP contribution in [0.3, 0.4) is 0 Å². The first-order valence-corrected chi connectivity index (χ1v) is 9.80. The van der Waals surface area contributed by atoms with E-state index in [2.05, 4.69) is 4.98 Å². The first-order chi connectivity index (χ1) is 14.3. The number of fused-ring (bicyclic) bond motifs is 1. The van der Waals surface area contributed by atoms with Crippen molar-refractivity contribution in [2.24, 2.45) is 14.1 Å². The number of hydrogen-bond donors (Lipinski definition) is 0. The second-order valence-electron chi connectivity index (χ2n) is 7.36. The van der Waals surface area contributed by atoms with E-state index in [0.29, 0.717) is 22.8 Å². The van der Waals surface area contributed by atoms with Crippen LogP contribution < -0.4 is 16.0 Å². The zero-order valence-corrected chi connectivity index (χ0v) is 17.9. The molecule has 0 bridgehead atoms. The van der Waals surface area contributed by atoms with Crippen molar-refractivity contribution in [3.8, 4) is 11.8 Å². The zero-order chi connectivity index (χ0) is 21.6. The summed E-state index contributed by atoms with van der Waals surface area (Å²) in [6.07, 6.45) is 0. The molecule has 30 heavy (non-hydrogen) atoms. The van der Waals surface area contributed by atoms with Gasteiger partial charge in [-0.1, -0.05) is 35.9 Å². The highest BCUT2D eigenvalue weighted by atomic mass is 35.5. The van der Waals surface area contributed by atoms with Crippen molar-refractivity contribution in [2.75, 3.05) is 0 Å². The lowest BCUT2D eigenvalue weighted by molar-refractivity contribution is 0.418. The molecule has 4 aromatic rings. The zero-order valence-electron chi connectivity index (χ0n) is 17.1. The van der Waals surface area contributed by atoms with Crippen molar-refractivity contribution in [2.45, 2.75) is 20.4 Å². The second-order valence-corrected chi connectivity index (χ2v) is 7.80. The third kappa shape index (κ3) is 3.41. The minimum absolute atomic E-state index is 0.233. The van der Waals surface area contributed by atoms with E-state index in [9.17, 15) is 9.59 Å². The predicted octanol–water partition coefficient (Wildman–Crippen LogP) is 3.54. The molecule has 0 unspecified atom stereocenters. The molecular weight excluding hydrogens is 404 g/mol. The largest absolute Gasteiger partial charge is 0.425 e. The first-order valence-electron chi connectivity index (χ1n) is 9.42.